The molecule has 9 rings (SSSR count). The number of hydrogen-bond acceptors (Lipinski definition) is 8. The third-order valence-corrected chi connectivity index (χ3v) is 16.5. The van der Waals surface area contributed by atoms with Crippen molar-refractivity contribution in [1.82, 2.24) is 4.90 Å². The van der Waals surface area contributed by atoms with Crippen LogP contribution in [0.1, 0.15) is 83.8 Å². The molecule has 0 saturated heterocycles. The summed E-state index contributed by atoms with van der Waals surface area (Å²) in [5, 5.41) is 37.5. The third-order valence-electron chi connectivity index (χ3n) is 14.6. The van der Waals surface area contributed by atoms with Crippen LogP contribution in [-0.2, 0) is 17.8 Å². The summed E-state index contributed by atoms with van der Waals surface area (Å²) in [5.74, 6) is 0.489. The van der Waals surface area contributed by atoms with E-state index in [4.69, 9.17) is 4.74 Å². The van der Waals surface area contributed by atoms with E-state index in [0.29, 0.717) is 32.5 Å². The first-order chi connectivity index (χ1) is 24.9. The molecule has 0 aliphatic heterocycles. The topological polar surface area (TPSA) is 90.2 Å². The summed E-state index contributed by atoms with van der Waals surface area (Å²) in [4.78, 5) is 20.3. The van der Waals surface area contributed by atoms with Gasteiger partial charge in [0, 0.05) is 51.2 Å². The summed E-state index contributed by atoms with van der Waals surface area (Å²) < 4.78 is 5.96. The average molecular weight is 742 g/mol. The van der Waals surface area contributed by atoms with E-state index in [1.807, 2.05) is 42.5 Å². The van der Waals surface area contributed by atoms with E-state index in [2.05, 4.69) is 61.4 Å². The van der Waals surface area contributed by atoms with E-state index in [0.717, 1.165) is 66.0 Å². The van der Waals surface area contributed by atoms with Gasteiger partial charge in [-0.15, -0.1) is 22.7 Å². The largest absolute Gasteiger partial charge is 0.393 e. The monoisotopic (exact) mass is 741 g/mol. The quantitative estimate of drug-likeness (QED) is 0.122. The van der Waals surface area contributed by atoms with Gasteiger partial charge in [0.05, 0.1) is 35.9 Å². The second kappa shape index (κ2) is 13.7. The molecule has 2 bridgehead atoms. The molecular formula is C44H55NO5S2. The summed E-state index contributed by atoms with van der Waals surface area (Å²) in [7, 11) is 0. The first-order valence-corrected chi connectivity index (χ1v) is 21.1. The van der Waals surface area contributed by atoms with Gasteiger partial charge in [0.15, 0.2) is 5.78 Å². The predicted molar refractivity (Wildman–Crippen MR) is 209 cm³/mol. The minimum absolute atomic E-state index is 0.0607. The van der Waals surface area contributed by atoms with Crippen LogP contribution >= 0.6 is 22.7 Å². The minimum atomic E-state index is -0.991. The lowest BCUT2D eigenvalue weighted by Crippen LogP contribution is -2.67. The van der Waals surface area contributed by atoms with Crippen molar-refractivity contribution < 1.29 is 24.9 Å². The lowest BCUT2D eigenvalue weighted by Gasteiger charge is -2.71. The molecule has 2 aromatic heterocycles. The number of aliphatic hydroxyl groups is 3. The number of carbonyl (C=O) groups is 1. The number of hydrogen-bond donors (Lipinski definition) is 3. The zero-order valence-electron chi connectivity index (χ0n) is 30.9. The van der Waals surface area contributed by atoms with Crippen LogP contribution < -0.4 is 0 Å². The number of ketones is 1. The highest BCUT2D eigenvalue weighted by Crippen LogP contribution is 2.78. The van der Waals surface area contributed by atoms with Gasteiger partial charge in [-0.2, -0.15) is 0 Å². The molecule has 3 N–H and O–H groups in total. The van der Waals surface area contributed by atoms with Gasteiger partial charge < -0.3 is 20.1 Å². The molecule has 278 valence electrons. The van der Waals surface area contributed by atoms with Crippen molar-refractivity contribution in [1.29, 1.82) is 0 Å². The summed E-state index contributed by atoms with van der Waals surface area (Å²) in [5.41, 5.74) is -0.310. The third kappa shape index (κ3) is 5.87. The second-order valence-electron chi connectivity index (χ2n) is 17.3. The molecule has 2 spiro atoms. The smallest absolute Gasteiger partial charge is 0.199 e. The summed E-state index contributed by atoms with van der Waals surface area (Å²) >= 11 is 3.32. The molecule has 6 aliphatic carbocycles. The number of allylic oxidation sites excluding steroid dienone is 4. The zero-order chi connectivity index (χ0) is 36.4. The fourth-order valence-corrected chi connectivity index (χ4v) is 13.4. The molecule has 1 aromatic carbocycles. The molecule has 9 atom stereocenters. The maximum absolute atomic E-state index is 14.8. The van der Waals surface area contributed by atoms with E-state index in [9.17, 15) is 20.1 Å². The van der Waals surface area contributed by atoms with Crippen LogP contribution in [0.25, 0.3) is 0 Å². The molecule has 6 nitrogen and oxygen atoms in total. The van der Waals surface area contributed by atoms with Crippen molar-refractivity contribution in [2.75, 3.05) is 26.2 Å². The molecule has 2 heterocycles. The molecule has 0 amide bonds. The van der Waals surface area contributed by atoms with Crippen LogP contribution in [-0.4, -0.2) is 70.1 Å². The number of Topliss-reactive ketones (excluding diaryl/α,β-unsaturated/α-hetero) is 1. The molecule has 0 radical (unpaired) electrons. The lowest BCUT2D eigenvalue weighted by molar-refractivity contribution is -0.177. The molecule has 8 heteroatoms. The Kier molecular flexibility index (Phi) is 9.63. The Bertz CT molecular complexity index is 1820. The number of nitrogens with zero attached hydrogens (tertiary/aromatic N) is 1. The van der Waals surface area contributed by atoms with E-state index in [1.54, 1.807) is 22.7 Å². The van der Waals surface area contributed by atoms with Gasteiger partial charge in [-0.1, -0.05) is 68.5 Å². The van der Waals surface area contributed by atoms with Crippen molar-refractivity contribution in [2.45, 2.75) is 96.6 Å². The molecule has 3 aromatic rings. The first kappa shape index (κ1) is 36.5. The van der Waals surface area contributed by atoms with Crippen LogP contribution in [0.2, 0.25) is 0 Å². The van der Waals surface area contributed by atoms with Crippen LogP contribution in [0.4, 0.5) is 0 Å². The normalized spacial score (nSPS) is 36.7. The van der Waals surface area contributed by atoms with Gasteiger partial charge >= 0.3 is 0 Å². The highest BCUT2D eigenvalue weighted by atomic mass is 32.1. The fraction of sp³-hybridized carbons (Fsp3) is 0.568. The highest BCUT2D eigenvalue weighted by molar-refractivity contribution is 7.14. The van der Waals surface area contributed by atoms with Gasteiger partial charge in [0.1, 0.15) is 0 Å². The SMILES string of the molecule is Cc1ccc(C(=O)C2=C[C@@]34C=C[C@@]25[C@@H]2CC[C@@](O)(CN(CCc6cccs6)C[C@@H](O)COCc6ccccc6)[C@@]2(C)CC[C@@H]5[C@@]3(C)CCC(O)C4)s1. The Morgan fingerprint density at radius 3 is 2.50 bits per heavy atom. The molecule has 3 fully saturated rings. The number of aryl methyl sites for hydroxylation is 1. The van der Waals surface area contributed by atoms with Gasteiger partial charge in [-0.25, -0.2) is 0 Å². The summed E-state index contributed by atoms with van der Waals surface area (Å²) in [6.07, 6.45) is 12.6. The number of ether oxygens (including phenoxy) is 1. The van der Waals surface area contributed by atoms with E-state index in [1.165, 1.54) is 4.88 Å². The zero-order valence-corrected chi connectivity index (χ0v) is 32.6. The van der Waals surface area contributed by atoms with Crippen LogP contribution in [0.3, 0.4) is 0 Å². The number of benzene rings is 1. The average Bonchev–Trinajstić information content (AvgIpc) is 3.87. The number of fused-ring (bicyclic) bond motifs is 1. The predicted octanol–water partition coefficient (Wildman–Crippen LogP) is 8.01. The molecule has 3 saturated carbocycles. The standard InChI is InChI=1S/C44H55NO5S2/c1-30-11-12-36(52-30)39(48)35-25-42-20-21-44(35)37(40(42,2)17-13-32(46)24-42)14-18-41(3)38(44)15-19-43(41,49)29-45(22-16-34-10-7-23-51-34)26-33(47)28-50-27-31-8-5-4-6-9-31/h4-12,20-21,23,25,32-33,37-38,46-47,49H,13-19,22,24,26-29H2,1-3H3/t32?,33-,37-,38-,40-,41+,42+,43-,44-/m1/s1. The Morgan fingerprint density at radius 2 is 1.75 bits per heavy atom. The van der Waals surface area contributed by atoms with Crippen molar-refractivity contribution in [3.63, 3.8) is 0 Å². The Balaban J connectivity index is 1.09. The second-order valence-corrected chi connectivity index (χ2v) is 19.6. The highest BCUT2D eigenvalue weighted by Gasteiger charge is 2.74. The number of aliphatic hydroxyl groups excluding tert-OH is 2. The van der Waals surface area contributed by atoms with Crippen molar-refractivity contribution in [2.24, 2.45) is 33.5 Å². The number of carbonyl (C=O) groups excluding carboxylic acids is 1. The van der Waals surface area contributed by atoms with E-state index >= 15 is 0 Å². The molecular weight excluding hydrogens is 687 g/mol. The Hall–Kier alpha value is -2.43. The number of thiophene rings is 2. The summed E-state index contributed by atoms with van der Waals surface area (Å²) in [6, 6.07) is 18.3. The molecule has 6 aliphatic rings. The van der Waals surface area contributed by atoms with Crippen LogP contribution in [0.5, 0.6) is 0 Å². The lowest BCUT2D eigenvalue weighted by atomic mass is 9.32. The van der Waals surface area contributed by atoms with Gasteiger partial charge in [-0.3, -0.25) is 9.69 Å². The van der Waals surface area contributed by atoms with E-state index in [-0.39, 0.29) is 41.2 Å². The van der Waals surface area contributed by atoms with Crippen molar-refractivity contribution in [3.8, 4) is 0 Å². The van der Waals surface area contributed by atoms with Crippen molar-refractivity contribution in [3.05, 3.63) is 104 Å². The molecule has 52 heavy (non-hydrogen) atoms. The van der Waals surface area contributed by atoms with E-state index < -0.39 is 22.5 Å². The van der Waals surface area contributed by atoms with Gasteiger partial charge in [-0.05, 0) is 105 Å². The number of rotatable bonds is 13. The van der Waals surface area contributed by atoms with Crippen LogP contribution in [0, 0.1) is 40.4 Å². The fourth-order valence-electron chi connectivity index (χ4n) is 11.9. The minimum Gasteiger partial charge on any atom is -0.393 e. The maximum Gasteiger partial charge on any atom is 0.199 e. The van der Waals surface area contributed by atoms with Crippen molar-refractivity contribution >= 4 is 28.5 Å². The summed E-state index contributed by atoms with van der Waals surface area (Å²) in [6.45, 7) is 9.10. The Morgan fingerprint density at radius 1 is 0.981 bits per heavy atom. The Labute approximate surface area is 317 Å². The maximum atomic E-state index is 14.8. The first-order valence-electron chi connectivity index (χ1n) is 19.4. The van der Waals surface area contributed by atoms with Crippen LogP contribution in [0.15, 0.2) is 83.8 Å². The van der Waals surface area contributed by atoms with Gasteiger partial charge in [0.2, 0.25) is 0 Å². The van der Waals surface area contributed by atoms with Gasteiger partial charge in [0.25, 0.3) is 0 Å². The molecule has 1 unspecified atom stereocenters.